The number of hydrogen-bond donors (Lipinski definition) is 1. The predicted molar refractivity (Wildman–Crippen MR) is 76.9 cm³/mol. The van der Waals surface area contributed by atoms with E-state index < -0.39 is 0 Å². The number of guanidine groups is 1. The van der Waals surface area contributed by atoms with Crippen LogP contribution in [0.25, 0.3) is 5.69 Å². The Balaban J connectivity index is 2.10. The van der Waals surface area contributed by atoms with Gasteiger partial charge in [-0.15, -0.1) is 5.10 Å². The second-order valence-corrected chi connectivity index (χ2v) is 4.42. The van der Waals surface area contributed by atoms with Crippen molar-refractivity contribution in [1.29, 1.82) is 0 Å². The number of nitrogens with two attached hydrogens (primary N) is 1. The molecule has 106 valence electrons. The molecule has 1 aromatic carbocycles. The van der Waals surface area contributed by atoms with Crippen LogP contribution in [0.2, 0.25) is 0 Å². The summed E-state index contributed by atoms with van der Waals surface area (Å²) in [7, 11) is 5.32. The van der Waals surface area contributed by atoms with Crippen molar-refractivity contribution in [3.63, 3.8) is 0 Å². The molecule has 0 radical (unpaired) electrons. The minimum Gasteiger partial charge on any atom is -0.497 e. The Labute approximate surface area is 117 Å². The first-order valence-electron chi connectivity index (χ1n) is 6.13. The molecule has 7 heteroatoms. The van der Waals surface area contributed by atoms with Gasteiger partial charge in [0.1, 0.15) is 11.4 Å². The Bertz CT molecular complexity index is 587. The van der Waals surface area contributed by atoms with E-state index in [0.29, 0.717) is 12.5 Å². The summed E-state index contributed by atoms with van der Waals surface area (Å²) in [5.74, 6) is 1.27. The van der Waals surface area contributed by atoms with Gasteiger partial charge < -0.3 is 15.4 Å². The van der Waals surface area contributed by atoms with Crippen LogP contribution in [0.3, 0.4) is 0 Å². The second kappa shape index (κ2) is 6.05. The van der Waals surface area contributed by atoms with E-state index in [-0.39, 0.29) is 0 Å². The summed E-state index contributed by atoms with van der Waals surface area (Å²) >= 11 is 0. The summed E-state index contributed by atoms with van der Waals surface area (Å²) in [6, 6.07) is 7.57. The van der Waals surface area contributed by atoms with Crippen molar-refractivity contribution >= 4 is 5.96 Å². The second-order valence-electron chi connectivity index (χ2n) is 4.42. The van der Waals surface area contributed by atoms with Crippen molar-refractivity contribution in [2.45, 2.75) is 6.54 Å². The van der Waals surface area contributed by atoms with Crippen LogP contribution >= 0.6 is 0 Å². The molecule has 0 aliphatic rings. The number of methoxy groups -OCH3 is 1. The summed E-state index contributed by atoms with van der Waals surface area (Å²) in [6.07, 6.45) is 1.83. The minimum atomic E-state index is 0.403. The lowest BCUT2D eigenvalue weighted by Crippen LogP contribution is -2.30. The highest BCUT2D eigenvalue weighted by molar-refractivity contribution is 5.77. The Morgan fingerprint density at radius 1 is 1.35 bits per heavy atom. The van der Waals surface area contributed by atoms with E-state index in [9.17, 15) is 0 Å². The third kappa shape index (κ3) is 3.25. The zero-order chi connectivity index (χ0) is 14.5. The van der Waals surface area contributed by atoms with Gasteiger partial charge in [0.2, 0.25) is 0 Å². The molecule has 1 aromatic heterocycles. The highest BCUT2D eigenvalue weighted by Crippen LogP contribution is 2.14. The van der Waals surface area contributed by atoms with E-state index >= 15 is 0 Å². The molecule has 0 spiro atoms. The highest BCUT2D eigenvalue weighted by atomic mass is 16.5. The van der Waals surface area contributed by atoms with Gasteiger partial charge in [0.25, 0.3) is 0 Å². The van der Waals surface area contributed by atoms with Gasteiger partial charge >= 0.3 is 0 Å². The minimum absolute atomic E-state index is 0.403. The van der Waals surface area contributed by atoms with E-state index in [0.717, 1.165) is 17.1 Å². The maximum absolute atomic E-state index is 5.72. The SMILES string of the molecule is COc1ccc(-n2cc(CN=C(N)N(C)C)nn2)cc1. The molecule has 20 heavy (non-hydrogen) atoms. The fraction of sp³-hybridized carbons (Fsp3) is 0.308. The van der Waals surface area contributed by atoms with Gasteiger partial charge in [0.05, 0.1) is 25.5 Å². The van der Waals surface area contributed by atoms with Gasteiger partial charge in [-0.05, 0) is 24.3 Å². The topological polar surface area (TPSA) is 81.6 Å². The summed E-state index contributed by atoms with van der Waals surface area (Å²) in [5.41, 5.74) is 7.39. The molecule has 1 heterocycles. The predicted octanol–water partition coefficient (Wildman–Crippen LogP) is 0.652. The van der Waals surface area contributed by atoms with Gasteiger partial charge in [-0.3, -0.25) is 0 Å². The van der Waals surface area contributed by atoms with Crippen LogP contribution in [-0.4, -0.2) is 47.1 Å². The van der Waals surface area contributed by atoms with Crippen LogP contribution in [0.5, 0.6) is 5.75 Å². The van der Waals surface area contributed by atoms with Crippen LogP contribution in [0.4, 0.5) is 0 Å². The van der Waals surface area contributed by atoms with Gasteiger partial charge in [-0.25, -0.2) is 9.67 Å². The fourth-order valence-corrected chi connectivity index (χ4v) is 1.54. The first kappa shape index (κ1) is 13.9. The van der Waals surface area contributed by atoms with E-state index in [4.69, 9.17) is 10.5 Å². The lowest BCUT2D eigenvalue weighted by molar-refractivity contribution is 0.414. The third-order valence-electron chi connectivity index (χ3n) is 2.74. The molecule has 0 fully saturated rings. The summed E-state index contributed by atoms with van der Waals surface area (Å²) in [6.45, 7) is 0.403. The van der Waals surface area contributed by atoms with E-state index in [2.05, 4.69) is 15.3 Å². The number of aromatic nitrogens is 3. The van der Waals surface area contributed by atoms with Gasteiger partial charge in [-0.1, -0.05) is 5.21 Å². The first-order valence-corrected chi connectivity index (χ1v) is 6.13. The Morgan fingerprint density at radius 3 is 2.65 bits per heavy atom. The molecule has 0 saturated carbocycles. The number of benzene rings is 1. The Kier molecular flexibility index (Phi) is 4.19. The van der Waals surface area contributed by atoms with Crippen molar-refractivity contribution < 1.29 is 4.74 Å². The molecule has 0 aliphatic heterocycles. The first-order chi connectivity index (χ1) is 9.60. The molecular formula is C13H18N6O. The van der Waals surface area contributed by atoms with Crippen LogP contribution in [0, 0.1) is 0 Å². The summed E-state index contributed by atoms with van der Waals surface area (Å²) < 4.78 is 6.81. The molecule has 2 aromatic rings. The molecular weight excluding hydrogens is 256 g/mol. The quantitative estimate of drug-likeness (QED) is 0.654. The van der Waals surface area contributed by atoms with Crippen molar-refractivity contribution in [1.82, 2.24) is 19.9 Å². The van der Waals surface area contributed by atoms with Gasteiger partial charge in [0, 0.05) is 14.1 Å². The van der Waals surface area contributed by atoms with Gasteiger partial charge in [0.15, 0.2) is 5.96 Å². The lowest BCUT2D eigenvalue weighted by Gasteiger charge is -2.09. The highest BCUT2D eigenvalue weighted by Gasteiger charge is 2.03. The maximum atomic E-state index is 5.72. The van der Waals surface area contributed by atoms with E-state index in [1.165, 1.54) is 0 Å². The number of rotatable bonds is 4. The van der Waals surface area contributed by atoms with Crippen LogP contribution < -0.4 is 10.5 Å². The maximum Gasteiger partial charge on any atom is 0.191 e. The molecule has 2 rings (SSSR count). The third-order valence-corrected chi connectivity index (χ3v) is 2.74. The standard InChI is InChI=1S/C13H18N6O/c1-18(2)13(14)15-8-10-9-19(17-16-10)11-4-6-12(20-3)7-5-11/h4-7,9H,8H2,1-3H3,(H2,14,15). The summed E-state index contributed by atoms with van der Waals surface area (Å²) in [5, 5.41) is 8.13. The number of ether oxygens (including phenoxy) is 1. The monoisotopic (exact) mass is 274 g/mol. The summed E-state index contributed by atoms with van der Waals surface area (Å²) in [4.78, 5) is 5.96. The molecule has 2 N–H and O–H groups in total. The smallest absolute Gasteiger partial charge is 0.191 e. The number of hydrogen-bond acceptors (Lipinski definition) is 4. The van der Waals surface area contributed by atoms with Crippen molar-refractivity contribution in [3.05, 3.63) is 36.2 Å². The average molecular weight is 274 g/mol. The molecule has 0 bridgehead atoms. The van der Waals surface area contributed by atoms with Crippen molar-refractivity contribution in [2.75, 3.05) is 21.2 Å². The molecule has 7 nitrogen and oxygen atoms in total. The van der Waals surface area contributed by atoms with Crippen LogP contribution in [0.15, 0.2) is 35.5 Å². The van der Waals surface area contributed by atoms with E-state index in [1.807, 2.05) is 44.6 Å². The molecule has 0 saturated heterocycles. The molecule has 0 amide bonds. The van der Waals surface area contributed by atoms with E-state index in [1.54, 1.807) is 16.7 Å². The zero-order valence-electron chi connectivity index (χ0n) is 11.8. The molecule has 0 unspecified atom stereocenters. The Morgan fingerprint density at radius 2 is 2.05 bits per heavy atom. The van der Waals surface area contributed by atoms with Crippen molar-refractivity contribution in [3.8, 4) is 11.4 Å². The fourth-order valence-electron chi connectivity index (χ4n) is 1.54. The number of nitrogens with zero attached hydrogens (tertiary/aromatic N) is 5. The largest absolute Gasteiger partial charge is 0.497 e. The number of aliphatic imine (C=N–C) groups is 1. The molecule has 0 aliphatic carbocycles. The van der Waals surface area contributed by atoms with Crippen molar-refractivity contribution in [2.24, 2.45) is 10.7 Å². The van der Waals surface area contributed by atoms with Gasteiger partial charge in [-0.2, -0.15) is 0 Å². The normalized spacial score (nSPS) is 11.4. The lowest BCUT2D eigenvalue weighted by atomic mass is 10.3. The van der Waals surface area contributed by atoms with Crippen LogP contribution in [-0.2, 0) is 6.54 Å². The Hall–Kier alpha value is -2.57. The average Bonchev–Trinajstić information content (AvgIpc) is 2.93. The molecule has 0 atom stereocenters. The zero-order valence-corrected chi connectivity index (χ0v) is 11.8. The van der Waals surface area contributed by atoms with Crippen LogP contribution in [0.1, 0.15) is 5.69 Å².